The highest BCUT2D eigenvalue weighted by Crippen LogP contribution is 2.10. The molecule has 0 fully saturated rings. The van der Waals surface area contributed by atoms with E-state index < -0.39 is 0 Å². The molecule has 2 aromatic rings. The number of aryl methyl sites for hydroxylation is 3. The molecule has 5 heteroatoms. The lowest BCUT2D eigenvalue weighted by molar-refractivity contribution is 0.0954. The number of nitrogens with zero attached hydrogens (tertiary/aromatic N) is 2. The largest absolute Gasteiger partial charge is 0.367 e. The molecule has 21 heavy (non-hydrogen) atoms. The molecule has 0 spiro atoms. The normalized spacial score (nSPS) is 10.2. The fourth-order valence-corrected chi connectivity index (χ4v) is 1.94. The van der Waals surface area contributed by atoms with Crippen molar-refractivity contribution in [2.24, 2.45) is 0 Å². The van der Waals surface area contributed by atoms with Crippen molar-refractivity contribution in [1.82, 2.24) is 15.5 Å². The first-order valence-electron chi connectivity index (χ1n) is 6.96. The van der Waals surface area contributed by atoms with Crippen molar-refractivity contribution in [2.45, 2.75) is 20.8 Å². The number of carbonyl (C=O) groups is 1. The number of hydrogen-bond donors (Lipinski definition) is 2. The third kappa shape index (κ3) is 4.27. The average molecular weight is 284 g/mol. The van der Waals surface area contributed by atoms with Gasteiger partial charge < -0.3 is 10.6 Å². The predicted molar refractivity (Wildman–Crippen MR) is 83.5 cm³/mol. The van der Waals surface area contributed by atoms with E-state index in [9.17, 15) is 4.79 Å². The van der Waals surface area contributed by atoms with Crippen LogP contribution in [0.4, 0.5) is 5.82 Å². The fraction of sp³-hybridized carbons (Fsp3) is 0.312. The minimum Gasteiger partial charge on any atom is -0.367 e. The van der Waals surface area contributed by atoms with Crippen LogP contribution in [0.25, 0.3) is 0 Å². The van der Waals surface area contributed by atoms with Crippen LogP contribution in [0.5, 0.6) is 0 Å². The highest BCUT2D eigenvalue weighted by atomic mass is 16.1. The van der Waals surface area contributed by atoms with Gasteiger partial charge in [0.1, 0.15) is 5.82 Å². The number of aromatic nitrogens is 2. The highest BCUT2D eigenvalue weighted by Gasteiger charge is 2.08. The van der Waals surface area contributed by atoms with Crippen LogP contribution in [0.15, 0.2) is 30.3 Å². The zero-order valence-electron chi connectivity index (χ0n) is 12.6. The number of nitrogens with one attached hydrogen (secondary N) is 2. The van der Waals surface area contributed by atoms with Gasteiger partial charge in [0.15, 0.2) is 0 Å². The Bertz CT molecular complexity index is 623. The standard InChI is InChI=1S/C16H20N4O/c1-11-4-5-12(2)14(10-11)16(21)18-9-8-17-15-7-6-13(3)19-20-15/h4-7,10H,8-9H2,1-3H3,(H,17,20)(H,18,21). The minimum absolute atomic E-state index is 0.0482. The zero-order chi connectivity index (χ0) is 15.2. The van der Waals surface area contributed by atoms with Crippen LogP contribution in [-0.4, -0.2) is 29.2 Å². The second kappa shape index (κ2) is 6.83. The summed E-state index contributed by atoms with van der Waals surface area (Å²) in [6, 6.07) is 9.64. The Labute approximate surface area is 124 Å². The molecular weight excluding hydrogens is 264 g/mol. The summed E-state index contributed by atoms with van der Waals surface area (Å²) in [4.78, 5) is 12.1. The zero-order valence-corrected chi connectivity index (χ0v) is 12.6. The van der Waals surface area contributed by atoms with E-state index in [1.807, 2.05) is 51.1 Å². The minimum atomic E-state index is -0.0482. The first kappa shape index (κ1) is 15.0. The maximum Gasteiger partial charge on any atom is 0.251 e. The number of amides is 1. The second-order valence-corrected chi connectivity index (χ2v) is 5.06. The lowest BCUT2D eigenvalue weighted by Crippen LogP contribution is -2.29. The van der Waals surface area contributed by atoms with Gasteiger partial charge >= 0.3 is 0 Å². The lowest BCUT2D eigenvalue weighted by atomic mass is 10.1. The molecule has 5 nitrogen and oxygen atoms in total. The van der Waals surface area contributed by atoms with Gasteiger partial charge in [0, 0.05) is 18.7 Å². The Kier molecular flexibility index (Phi) is 4.87. The van der Waals surface area contributed by atoms with E-state index in [-0.39, 0.29) is 5.91 Å². The fourth-order valence-electron chi connectivity index (χ4n) is 1.94. The van der Waals surface area contributed by atoms with E-state index >= 15 is 0 Å². The van der Waals surface area contributed by atoms with Crippen molar-refractivity contribution in [2.75, 3.05) is 18.4 Å². The van der Waals surface area contributed by atoms with E-state index in [4.69, 9.17) is 0 Å². The maximum atomic E-state index is 12.1. The second-order valence-electron chi connectivity index (χ2n) is 5.06. The Morgan fingerprint density at radius 3 is 2.57 bits per heavy atom. The van der Waals surface area contributed by atoms with Gasteiger partial charge in [-0.2, -0.15) is 5.10 Å². The molecule has 1 aromatic carbocycles. The van der Waals surface area contributed by atoms with Crippen LogP contribution in [0.2, 0.25) is 0 Å². The number of benzene rings is 1. The lowest BCUT2D eigenvalue weighted by Gasteiger charge is -2.09. The molecule has 1 amide bonds. The molecule has 0 aliphatic rings. The van der Waals surface area contributed by atoms with E-state index in [2.05, 4.69) is 20.8 Å². The van der Waals surface area contributed by atoms with E-state index in [0.29, 0.717) is 18.9 Å². The van der Waals surface area contributed by atoms with Crippen LogP contribution < -0.4 is 10.6 Å². The molecule has 2 rings (SSSR count). The van der Waals surface area contributed by atoms with Gasteiger partial charge in [0.2, 0.25) is 0 Å². The Morgan fingerprint density at radius 2 is 1.86 bits per heavy atom. The number of carbonyl (C=O) groups excluding carboxylic acids is 1. The van der Waals surface area contributed by atoms with Crippen LogP contribution in [0.1, 0.15) is 27.2 Å². The van der Waals surface area contributed by atoms with Crippen molar-refractivity contribution >= 4 is 11.7 Å². The summed E-state index contributed by atoms with van der Waals surface area (Å²) >= 11 is 0. The van der Waals surface area contributed by atoms with Gasteiger partial charge in [-0.15, -0.1) is 5.10 Å². The summed E-state index contributed by atoms with van der Waals surface area (Å²) < 4.78 is 0. The quantitative estimate of drug-likeness (QED) is 0.826. The molecule has 0 saturated heterocycles. The Morgan fingerprint density at radius 1 is 1.05 bits per heavy atom. The molecule has 1 aromatic heterocycles. The van der Waals surface area contributed by atoms with Gasteiger partial charge in [-0.05, 0) is 44.5 Å². The summed E-state index contributed by atoms with van der Waals surface area (Å²) in [6.07, 6.45) is 0. The summed E-state index contributed by atoms with van der Waals surface area (Å²) in [5, 5.41) is 14.0. The number of rotatable bonds is 5. The SMILES string of the molecule is Cc1ccc(C)c(C(=O)NCCNc2ccc(C)nn2)c1. The van der Waals surface area contributed by atoms with Crippen molar-refractivity contribution in [1.29, 1.82) is 0 Å². The molecule has 0 aliphatic heterocycles. The van der Waals surface area contributed by atoms with Gasteiger partial charge in [-0.3, -0.25) is 4.79 Å². The molecule has 110 valence electrons. The molecule has 0 saturated carbocycles. The van der Waals surface area contributed by atoms with Gasteiger partial charge in [-0.1, -0.05) is 17.7 Å². The number of hydrogen-bond acceptors (Lipinski definition) is 4. The highest BCUT2D eigenvalue weighted by molar-refractivity contribution is 5.95. The van der Waals surface area contributed by atoms with Gasteiger partial charge in [0.05, 0.1) is 5.69 Å². The summed E-state index contributed by atoms with van der Waals surface area (Å²) in [5.41, 5.74) is 3.67. The first-order chi connectivity index (χ1) is 10.1. The smallest absolute Gasteiger partial charge is 0.251 e. The molecule has 0 radical (unpaired) electrons. The topological polar surface area (TPSA) is 66.9 Å². The third-order valence-corrected chi connectivity index (χ3v) is 3.15. The van der Waals surface area contributed by atoms with Crippen molar-refractivity contribution in [3.05, 3.63) is 52.7 Å². The van der Waals surface area contributed by atoms with Crippen molar-refractivity contribution < 1.29 is 4.79 Å². The molecule has 0 bridgehead atoms. The van der Waals surface area contributed by atoms with E-state index in [0.717, 1.165) is 22.4 Å². The maximum absolute atomic E-state index is 12.1. The van der Waals surface area contributed by atoms with Crippen molar-refractivity contribution in [3.8, 4) is 0 Å². The molecular formula is C16H20N4O. The first-order valence-corrected chi connectivity index (χ1v) is 6.96. The predicted octanol–water partition coefficient (Wildman–Crippen LogP) is 2.24. The van der Waals surface area contributed by atoms with E-state index in [1.54, 1.807) is 0 Å². The van der Waals surface area contributed by atoms with Gasteiger partial charge in [0.25, 0.3) is 5.91 Å². The average Bonchev–Trinajstić information content (AvgIpc) is 2.47. The molecule has 0 aliphatic carbocycles. The van der Waals surface area contributed by atoms with Crippen LogP contribution in [-0.2, 0) is 0 Å². The van der Waals surface area contributed by atoms with Crippen molar-refractivity contribution in [3.63, 3.8) is 0 Å². The molecule has 2 N–H and O–H groups in total. The van der Waals surface area contributed by atoms with Crippen LogP contribution in [0.3, 0.4) is 0 Å². The molecule has 0 unspecified atom stereocenters. The Balaban J connectivity index is 1.81. The molecule has 0 atom stereocenters. The van der Waals surface area contributed by atoms with Gasteiger partial charge in [-0.25, -0.2) is 0 Å². The van der Waals surface area contributed by atoms with Crippen LogP contribution >= 0.6 is 0 Å². The number of anilines is 1. The monoisotopic (exact) mass is 284 g/mol. The Hall–Kier alpha value is -2.43. The summed E-state index contributed by atoms with van der Waals surface area (Å²) in [6.45, 7) is 6.94. The van der Waals surface area contributed by atoms with Crippen LogP contribution in [0, 0.1) is 20.8 Å². The summed E-state index contributed by atoms with van der Waals surface area (Å²) in [7, 11) is 0. The molecule has 1 heterocycles. The third-order valence-electron chi connectivity index (χ3n) is 3.15. The van der Waals surface area contributed by atoms with E-state index in [1.165, 1.54) is 0 Å². The summed E-state index contributed by atoms with van der Waals surface area (Å²) in [5.74, 6) is 0.662.